The summed E-state index contributed by atoms with van der Waals surface area (Å²) in [5, 5.41) is 11.4. The van der Waals surface area contributed by atoms with E-state index in [4.69, 9.17) is 5.73 Å². The average Bonchev–Trinajstić information content (AvgIpc) is 2.56. The smallest absolute Gasteiger partial charge is 0.289 e. The molecule has 0 aromatic heterocycles. The van der Waals surface area contributed by atoms with Crippen molar-refractivity contribution in [3.63, 3.8) is 0 Å². The zero-order valence-electron chi connectivity index (χ0n) is 15.1. The van der Waals surface area contributed by atoms with E-state index in [1.54, 1.807) is 26.0 Å². The molecular formula is C18H22ClN3O4S. The zero-order valence-corrected chi connectivity index (χ0v) is 16.7. The van der Waals surface area contributed by atoms with Crippen LogP contribution in [0.25, 0.3) is 0 Å². The molecule has 3 N–H and O–H groups in total. The van der Waals surface area contributed by atoms with Crippen molar-refractivity contribution in [2.75, 3.05) is 5.73 Å². The molecule has 1 atom stereocenters. The summed E-state index contributed by atoms with van der Waals surface area (Å²) >= 11 is 0. The molecule has 146 valence electrons. The molecule has 0 saturated carbocycles. The first kappa shape index (κ1) is 21.1. The number of aryl methyl sites for hydroxylation is 2. The van der Waals surface area contributed by atoms with Gasteiger partial charge in [-0.2, -0.15) is 0 Å². The van der Waals surface area contributed by atoms with Gasteiger partial charge in [-0.05, 0) is 67.5 Å². The fourth-order valence-electron chi connectivity index (χ4n) is 3.46. The Kier molecular flexibility index (Phi) is 6.14. The summed E-state index contributed by atoms with van der Waals surface area (Å²) in [6.45, 7) is 3.32. The number of nitrogens with one attached hydrogen (secondary N) is 1. The van der Waals surface area contributed by atoms with E-state index in [9.17, 15) is 18.5 Å². The van der Waals surface area contributed by atoms with Crippen LogP contribution in [0.3, 0.4) is 0 Å². The van der Waals surface area contributed by atoms with E-state index in [1.165, 1.54) is 6.07 Å². The maximum atomic E-state index is 13.0. The molecule has 0 saturated heterocycles. The zero-order chi connectivity index (χ0) is 19.1. The van der Waals surface area contributed by atoms with Crippen molar-refractivity contribution < 1.29 is 13.3 Å². The lowest BCUT2D eigenvalue weighted by molar-refractivity contribution is -0.387. The summed E-state index contributed by atoms with van der Waals surface area (Å²) in [7, 11) is -4.06. The van der Waals surface area contributed by atoms with Gasteiger partial charge in [0, 0.05) is 17.8 Å². The first-order valence-corrected chi connectivity index (χ1v) is 9.84. The van der Waals surface area contributed by atoms with Crippen LogP contribution in [-0.2, 0) is 16.4 Å². The van der Waals surface area contributed by atoms with Gasteiger partial charge in [0.2, 0.25) is 10.0 Å². The molecule has 0 spiro atoms. The molecule has 9 heteroatoms. The minimum atomic E-state index is -4.06. The number of nitro groups is 1. The normalized spacial score (nSPS) is 16.3. The number of hydrogen-bond donors (Lipinski definition) is 2. The Morgan fingerprint density at radius 2 is 1.93 bits per heavy atom. The Labute approximate surface area is 164 Å². The third-order valence-corrected chi connectivity index (χ3v) is 6.55. The van der Waals surface area contributed by atoms with Crippen LogP contribution in [0.2, 0.25) is 0 Å². The van der Waals surface area contributed by atoms with E-state index in [-0.39, 0.29) is 17.3 Å². The van der Waals surface area contributed by atoms with Crippen LogP contribution in [0.15, 0.2) is 35.2 Å². The van der Waals surface area contributed by atoms with E-state index in [1.807, 2.05) is 12.1 Å². The van der Waals surface area contributed by atoms with Gasteiger partial charge in [-0.1, -0.05) is 12.1 Å². The lowest BCUT2D eigenvalue weighted by atomic mass is 9.88. The fraction of sp³-hybridized carbons (Fsp3) is 0.333. The molecule has 2 aromatic carbocycles. The number of rotatable bonds is 4. The topological polar surface area (TPSA) is 115 Å². The second-order valence-electron chi connectivity index (χ2n) is 6.64. The molecule has 1 aliphatic carbocycles. The van der Waals surface area contributed by atoms with Crippen molar-refractivity contribution in [1.29, 1.82) is 0 Å². The molecule has 0 aliphatic heterocycles. The van der Waals surface area contributed by atoms with Crippen molar-refractivity contribution in [1.82, 2.24) is 4.72 Å². The molecule has 0 amide bonds. The van der Waals surface area contributed by atoms with Crippen molar-refractivity contribution >= 4 is 33.8 Å². The minimum Gasteiger partial charge on any atom is -0.399 e. The van der Waals surface area contributed by atoms with E-state index >= 15 is 0 Å². The number of nitrogens with zero attached hydrogens (tertiary/aromatic N) is 1. The highest BCUT2D eigenvalue weighted by molar-refractivity contribution is 7.89. The molecule has 0 heterocycles. The molecule has 27 heavy (non-hydrogen) atoms. The van der Waals surface area contributed by atoms with Crippen LogP contribution in [0.4, 0.5) is 11.4 Å². The number of hydrogen-bond acceptors (Lipinski definition) is 5. The van der Waals surface area contributed by atoms with E-state index in [2.05, 4.69) is 4.72 Å². The van der Waals surface area contributed by atoms with E-state index in [0.29, 0.717) is 23.2 Å². The molecule has 0 bridgehead atoms. The van der Waals surface area contributed by atoms with E-state index < -0.39 is 26.7 Å². The summed E-state index contributed by atoms with van der Waals surface area (Å²) in [6.07, 6.45) is 2.29. The van der Waals surface area contributed by atoms with Crippen LogP contribution >= 0.6 is 12.4 Å². The molecule has 0 fully saturated rings. The Morgan fingerprint density at radius 1 is 1.22 bits per heavy atom. The summed E-state index contributed by atoms with van der Waals surface area (Å²) in [4.78, 5) is 10.4. The van der Waals surface area contributed by atoms with Gasteiger partial charge >= 0.3 is 0 Å². The second-order valence-corrected chi connectivity index (χ2v) is 8.29. The van der Waals surface area contributed by atoms with Crippen molar-refractivity contribution in [2.45, 2.75) is 44.0 Å². The molecular weight excluding hydrogens is 390 g/mol. The van der Waals surface area contributed by atoms with Gasteiger partial charge in [-0.15, -0.1) is 12.4 Å². The summed E-state index contributed by atoms with van der Waals surface area (Å²) in [5.74, 6) is 0. The van der Waals surface area contributed by atoms with Crippen LogP contribution in [0.1, 0.15) is 41.1 Å². The Hall–Kier alpha value is -2.16. The maximum Gasteiger partial charge on any atom is 0.289 e. The van der Waals surface area contributed by atoms with Crippen LogP contribution < -0.4 is 10.5 Å². The summed E-state index contributed by atoms with van der Waals surface area (Å²) in [5.41, 5.74) is 9.02. The highest BCUT2D eigenvalue weighted by atomic mass is 35.5. The van der Waals surface area contributed by atoms with Crippen molar-refractivity contribution in [3.05, 3.63) is 62.7 Å². The van der Waals surface area contributed by atoms with Gasteiger partial charge in [-0.25, -0.2) is 13.1 Å². The largest absolute Gasteiger partial charge is 0.399 e. The van der Waals surface area contributed by atoms with Crippen molar-refractivity contribution in [2.24, 2.45) is 0 Å². The number of anilines is 1. The predicted molar refractivity (Wildman–Crippen MR) is 107 cm³/mol. The molecule has 2 aromatic rings. The van der Waals surface area contributed by atoms with Crippen LogP contribution in [0, 0.1) is 24.0 Å². The SMILES string of the molecule is Cc1ccc([N+](=O)[O-])c(S(=O)(=O)NC2CCCc3cc(N)ccc32)c1C.Cl. The third kappa shape index (κ3) is 4.07. The summed E-state index contributed by atoms with van der Waals surface area (Å²) < 4.78 is 28.7. The van der Waals surface area contributed by atoms with Gasteiger partial charge in [0.15, 0.2) is 4.90 Å². The van der Waals surface area contributed by atoms with Gasteiger partial charge in [-0.3, -0.25) is 10.1 Å². The van der Waals surface area contributed by atoms with Crippen LogP contribution in [0.5, 0.6) is 0 Å². The first-order valence-electron chi connectivity index (χ1n) is 8.36. The van der Waals surface area contributed by atoms with Gasteiger partial charge in [0.1, 0.15) is 0 Å². The third-order valence-electron chi connectivity index (χ3n) is 4.90. The number of nitrogen functional groups attached to an aromatic ring is 1. The standard InChI is InChI=1S/C18H21N3O4S.ClH/c1-11-6-9-17(21(22)23)18(12(11)2)26(24,25)20-16-5-3-4-13-10-14(19)7-8-15(13)16;/h6-10,16,20H,3-5,19H2,1-2H3;1H. The van der Waals surface area contributed by atoms with Gasteiger partial charge in [0.25, 0.3) is 5.69 Å². The molecule has 0 radical (unpaired) electrons. The monoisotopic (exact) mass is 411 g/mol. The Bertz CT molecular complexity index is 992. The average molecular weight is 412 g/mol. The van der Waals surface area contributed by atoms with Crippen molar-refractivity contribution in [3.8, 4) is 0 Å². The quantitative estimate of drug-likeness (QED) is 0.453. The molecule has 1 aliphatic rings. The van der Waals surface area contributed by atoms with Crippen LogP contribution in [-0.4, -0.2) is 13.3 Å². The molecule has 3 rings (SSSR count). The molecule has 7 nitrogen and oxygen atoms in total. The number of benzene rings is 2. The number of nitro benzene ring substituents is 1. The van der Waals surface area contributed by atoms with E-state index in [0.717, 1.165) is 24.0 Å². The number of fused-ring (bicyclic) bond motifs is 1. The Morgan fingerprint density at radius 3 is 2.59 bits per heavy atom. The highest BCUT2D eigenvalue weighted by Gasteiger charge is 2.32. The number of halogens is 1. The highest BCUT2D eigenvalue weighted by Crippen LogP contribution is 2.35. The van der Waals surface area contributed by atoms with Gasteiger partial charge < -0.3 is 5.73 Å². The number of sulfonamides is 1. The fourth-order valence-corrected chi connectivity index (χ4v) is 5.18. The lowest BCUT2D eigenvalue weighted by Gasteiger charge is -2.26. The summed E-state index contributed by atoms with van der Waals surface area (Å²) in [6, 6.07) is 7.80. The minimum absolute atomic E-state index is 0. The Balaban J connectivity index is 0.00000261. The first-order chi connectivity index (χ1) is 12.2. The van der Waals surface area contributed by atoms with Gasteiger partial charge in [0.05, 0.1) is 4.92 Å². The lowest BCUT2D eigenvalue weighted by Crippen LogP contribution is -2.32. The molecule has 1 unspecified atom stereocenters. The number of nitrogens with two attached hydrogens (primary N) is 1. The second kappa shape index (κ2) is 7.84. The predicted octanol–water partition coefficient (Wildman–Crippen LogP) is 3.57. The maximum absolute atomic E-state index is 13.0.